The molecule has 0 aliphatic carbocycles. The van der Waals surface area contributed by atoms with E-state index in [-0.39, 0.29) is 19.1 Å². The third kappa shape index (κ3) is 5.86. The molecular weight excluding hydrogens is 346 g/mol. The lowest BCUT2D eigenvalue weighted by atomic mass is 10.0. The Morgan fingerprint density at radius 2 is 2.04 bits per heavy atom. The molecule has 1 unspecified atom stereocenters. The lowest BCUT2D eigenvalue weighted by Crippen LogP contribution is -2.39. The van der Waals surface area contributed by atoms with Gasteiger partial charge in [-0.05, 0) is 25.5 Å². The molecule has 1 heterocycles. The molecule has 1 aromatic carbocycles. The van der Waals surface area contributed by atoms with E-state index in [2.05, 4.69) is 15.6 Å². The van der Waals surface area contributed by atoms with Gasteiger partial charge in [0.2, 0.25) is 0 Å². The molecule has 0 saturated heterocycles. The maximum absolute atomic E-state index is 11.7. The molecular formula is C20H27N3O4. The molecule has 0 aliphatic heterocycles. The number of hydrogen-bond donors (Lipinski definition) is 3. The molecule has 1 aromatic heterocycles. The van der Waals surface area contributed by atoms with E-state index < -0.39 is 5.97 Å². The minimum atomic E-state index is -0.426. The zero-order chi connectivity index (χ0) is 19.6. The molecule has 0 fully saturated rings. The molecule has 0 amide bonds. The molecule has 7 heteroatoms. The highest BCUT2D eigenvalue weighted by molar-refractivity contribution is 5.90. The van der Waals surface area contributed by atoms with E-state index >= 15 is 0 Å². The van der Waals surface area contributed by atoms with Gasteiger partial charge in [-0.25, -0.2) is 9.79 Å². The largest absolute Gasteiger partial charge is 0.465 e. The third-order valence-corrected chi connectivity index (χ3v) is 4.12. The van der Waals surface area contributed by atoms with Crippen LogP contribution in [-0.2, 0) is 11.3 Å². The number of methoxy groups -OCH3 is 1. The Labute approximate surface area is 159 Å². The minimum Gasteiger partial charge on any atom is -0.465 e. The van der Waals surface area contributed by atoms with Crippen molar-refractivity contribution in [3.05, 3.63) is 59.0 Å². The van der Waals surface area contributed by atoms with Crippen LogP contribution in [-0.4, -0.2) is 43.8 Å². The summed E-state index contributed by atoms with van der Waals surface area (Å²) in [4.78, 5) is 16.2. The monoisotopic (exact) mass is 373 g/mol. The van der Waals surface area contributed by atoms with Crippen molar-refractivity contribution >= 4 is 11.9 Å². The average Bonchev–Trinajstić information content (AvgIpc) is 3.07. The molecule has 0 aliphatic rings. The van der Waals surface area contributed by atoms with E-state index in [1.54, 1.807) is 13.0 Å². The molecule has 2 rings (SSSR count). The molecule has 0 bridgehead atoms. The zero-order valence-electron chi connectivity index (χ0n) is 16.0. The van der Waals surface area contributed by atoms with Gasteiger partial charge in [-0.2, -0.15) is 0 Å². The second kappa shape index (κ2) is 10.4. The van der Waals surface area contributed by atoms with Crippen molar-refractivity contribution in [3.63, 3.8) is 0 Å². The highest BCUT2D eigenvalue weighted by Gasteiger charge is 2.15. The molecule has 146 valence electrons. The Balaban J connectivity index is 2.02. The fourth-order valence-corrected chi connectivity index (χ4v) is 2.67. The maximum Gasteiger partial charge on any atom is 0.341 e. The van der Waals surface area contributed by atoms with Gasteiger partial charge in [0.25, 0.3) is 0 Å². The van der Waals surface area contributed by atoms with E-state index in [0.717, 1.165) is 5.56 Å². The second-order valence-corrected chi connectivity index (χ2v) is 6.04. The van der Waals surface area contributed by atoms with Gasteiger partial charge >= 0.3 is 5.97 Å². The van der Waals surface area contributed by atoms with Crippen LogP contribution in [0, 0.1) is 6.92 Å². The van der Waals surface area contributed by atoms with Crippen LogP contribution in [0.15, 0.2) is 45.8 Å². The van der Waals surface area contributed by atoms with Gasteiger partial charge in [-0.3, -0.25) is 0 Å². The molecule has 7 nitrogen and oxygen atoms in total. The Kier molecular flexibility index (Phi) is 7.88. The second-order valence-electron chi connectivity index (χ2n) is 6.04. The number of benzene rings is 1. The number of furan rings is 1. The van der Waals surface area contributed by atoms with Crippen LogP contribution in [0.3, 0.4) is 0 Å². The third-order valence-electron chi connectivity index (χ3n) is 4.12. The first-order valence-electron chi connectivity index (χ1n) is 8.94. The Bertz CT molecular complexity index is 756. The number of carbonyl (C=O) groups excluding carboxylic acids is 1. The molecule has 3 N–H and O–H groups in total. The van der Waals surface area contributed by atoms with E-state index in [9.17, 15) is 9.90 Å². The molecule has 0 saturated carbocycles. The number of aliphatic imine (C=N–C) groups is 1. The lowest BCUT2D eigenvalue weighted by molar-refractivity contribution is 0.0599. The number of aryl methyl sites for hydroxylation is 1. The fraction of sp³-hybridized carbons (Fsp3) is 0.400. The Morgan fingerprint density at radius 3 is 2.67 bits per heavy atom. The standard InChI is InChI=1S/C20H27N3O4/c1-4-21-20(22-11-16(13-24)15-8-6-5-7-9-15)23-12-17-10-18(14(2)27-17)19(25)26-3/h5-10,16,24H,4,11-13H2,1-3H3,(H2,21,22,23). The predicted octanol–water partition coefficient (Wildman–Crippen LogP) is 2.21. The summed E-state index contributed by atoms with van der Waals surface area (Å²) in [5, 5.41) is 16.1. The Hall–Kier alpha value is -2.80. The number of carbonyl (C=O) groups is 1. The van der Waals surface area contributed by atoms with E-state index in [4.69, 9.17) is 9.15 Å². The van der Waals surface area contributed by atoms with Crippen LogP contribution in [0.5, 0.6) is 0 Å². The summed E-state index contributed by atoms with van der Waals surface area (Å²) in [6.07, 6.45) is 0. The first-order chi connectivity index (χ1) is 13.1. The van der Waals surface area contributed by atoms with Crippen molar-refractivity contribution in [2.75, 3.05) is 26.8 Å². The van der Waals surface area contributed by atoms with Crippen molar-refractivity contribution in [2.45, 2.75) is 26.3 Å². The molecule has 0 spiro atoms. The summed E-state index contributed by atoms with van der Waals surface area (Å²) in [6, 6.07) is 11.5. The van der Waals surface area contributed by atoms with Crippen LogP contribution in [0.1, 0.15) is 40.3 Å². The van der Waals surface area contributed by atoms with Crippen molar-refractivity contribution < 1.29 is 19.1 Å². The van der Waals surface area contributed by atoms with E-state index in [0.29, 0.717) is 36.1 Å². The van der Waals surface area contributed by atoms with E-state index in [1.807, 2.05) is 37.3 Å². The fourth-order valence-electron chi connectivity index (χ4n) is 2.67. The van der Waals surface area contributed by atoms with Gasteiger partial charge in [0, 0.05) is 19.0 Å². The summed E-state index contributed by atoms with van der Waals surface area (Å²) >= 11 is 0. The first kappa shape index (κ1) is 20.5. The van der Waals surface area contributed by atoms with Gasteiger partial charge < -0.3 is 24.9 Å². The summed E-state index contributed by atoms with van der Waals surface area (Å²) in [5.41, 5.74) is 1.47. The van der Waals surface area contributed by atoms with Crippen molar-refractivity contribution in [3.8, 4) is 0 Å². The summed E-state index contributed by atoms with van der Waals surface area (Å²) in [7, 11) is 1.34. The normalized spacial score (nSPS) is 12.5. The number of guanidine groups is 1. The number of nitrogens with one attached hydrogen (secondary N) is 2. The SMILES string of the molecule is CCNC(=NCc1cc(C(=O)OC)c(C)o1)NCC(CO)c1ccccc1. The van der Waals surface area contributed by atoms with Crippen molar-refractivity contribution in [1.82, 2.24) is 10.6 Å². The van der Waals surface area contributed by atoms with Gasteiger partial charge in [0.15, 0.2) is 5.96 Å². The first-order valence-corrected chi connectivity index (χ1v) is 8.94. The molecule has 2 aromatic rings. The number of aliphatic hydroxyl groups excluding tert-OH is 1. The van der Waals surface area contributed by atoms with Crippen LogP contribution in [0.25, 0.3) is 0 Å². The van der Waals surface area contributed by atoms with Crippen LogP contribution in [0.2, 0.25) is 0 Å². The highest BCUT2D eigenvalue weighted by atomic mass is 16.5. The van der Waals surface area contributed by atoms with Gasteiger partial charge in [0.05, 0.1) is 13.7 Å². The minimum absolute atomic E-state index is 0.0353. The zero-order valence-corrected chi connectivity index (χ0v) is 16.0. The molecule has 27 heavy (non-hydrogen) atoms. The van der Waals surface area contributed by atoms with E-state index in [1.165, 1.54) is 7.11 Å². The van der Waals surface area contributed by atoms with Gasteiger partial charge in [0.1, 0.15) is 23.6 Å². The van der Waals surface area contributed by atoms with Crippen molar-refractivity contribution in [2.24, 2.45) is 4.99 Å². The van der Waals surface area contributed by atoms with Crippen LogP contribution >= 0.6 is 0 Å². The maximum atomic E-state index is 11.7. The highest BCUT2D eigenvalue weighted by Crippen LogP contribution is 2.16. The van der Waals surface area contributed by atoms with Crippen LogP contribution < -0.4 is 10.6 Å². The summed E-state index contributed by atoms with van der Waals surface area (Å²) in [5.74, 6) is 1.24. The smallest absolute Gasteiger partial charge is 0.341 e. The number of esters is 1. The number of hydrogen-bond acceptors (Lipinski definition) is 5. The lowest BCUT2D eigenvalue weighted by Gasteiger charge is -2.18. The van der Waals surface area contributed by atoms with Gasteiger partial charge in [-0.15, -0.1) is 0 Å². The topological polar surface area (TPSA) is 96.1 Å². The average molecular weight is 373 g/mol. The Morgan fingerprint density at radius 1 is 1.30 bits per heavy atom. The van der Waals surface area contributed by atoms with Crippen LogP contribution in [0.4, 0.5) is 0 Å². The number of aliphatic hydroxyl groups is 1. The quantitative estimate of drug-likeness (QED) is 0.373. The van der Waals surface area contributed by atoms with Crippen molar-refractivity contribution in [1.29, 1.82) is 0 Å². The predicted molar refractivity (Wildman–Crippen MR) is 104 cm³/mol. The van der Waals surface area contributed by atoms with Gasteiger partial charge in [-0.1, -0.05) is 30.3 Å². The summed E-state index contributed by atoms with van der Waals surface area (Å²) in [6.45, 7) is 5.25. The number of rotatable bonds is 8. The summed E-state index contributed by atoms with van der Waals surface area (Å²) < 4.78 is 10.3. The molecule has 0 radical (unpaired) electrons. The number of nitrogens with zero attached hydrogens (tertiary/aromatic N) is 1. The number of ether oxygens (including phenoxy) is 1. The molecule has 1 atom stereocenters.